The second kappa shape index (κ2) is 7.25. The fourth-order valence-corrected chi connectivity index (χ4v) is 3.53. The lowest BCUT2D eigenvalue weighted by Crippen LogP contribution is -2.21. The first kappa shape index (κ1) is 16.2. The molecule has 0 radical (unpaired) electrons. The predicted molar refractivity (Wildman–Crippen MR) is 89.0 cm³/mol. The van der Waals surface area contributed by atoms with E-state index < -0.39 is 0 Å². The molecule has 124 valence electrons. The number of benzene rings is 1. The van der Waals surface area contributed by atoms with Crippen molar-refractivity contribution < 1.29 is 9.84 Å². The molecule has 2 heterocycles. The number of aryl methyl sites for hydroxylation is 1. The SMILES string of the molecule is COCc1cccc(CN2C[C@@H](CO)[C@H](c3cnn(C)c3)C2)c1. The molecule has 0 saturated carbocycles. The van der Waals surface area contributed by atoms with E-state index in [0.717, 1.165) is 19.6 Å². The zero-order valence-electron chi connectivity index (χ0n) is 13.9. The number of aliphatic hydroxyl groups is 1. The molecule has 5 nitrogen and oxygen atoms in total. The van der Waals surface area contributed by atoms with Crippen molar-refractivity contribution in [2.45, 2.75) is 19.1 Å². The quantitative estimate of drug-likeness (QED) is 0.883. The van der Waals surface area contributed by atoms with Gasteiger partial charge in [0.25, 0.3) is 0 Å². The lowest BCUT2D eigenvalue weighted by molar-refractivity contribution is 0.184. The zero-order valence-corrected chi connectivity index (χ0v) is 13.9. The number of likely N-dealkylation sites (tertiary alicyclic amines) is 1. The molecule has 23 heavy (non-hydrogen) atoms. The van der Waals surface area contributed by atoms with Crippen LogP contribution in [0.1, 0.15) is 22.6 Å². The fourth-order valence-electron chi connectivity index (χ4n) is 3.53. The van der Waals surface area contributed by atoms with Crippen LogP contribution in [-0.2, 0) is 24.9 Å². The Hall–Kier alpha value is -1.69. The normalized spacial score (nSPS) is 21.9. The number of hydrogen-bond acceptors (Lipinski definition) is 4. The molecule has 1 aliphatic rings. The third-order valence-electron chi connectivity index (χ3n) is 4.61. The average molecular weight is 315 g/mol. The fraction of sp³-hybridized carbons (Fsp3) is 0.500. The van der Waals surface area contributed by atoms with E-state index in [1.54, 1.807) is 7.11 Å². The van der Waals surface area contributed by atoms with Gasteiger partial charge in [-0.25, -0.2) is 0 Å². The van der Waals surface area contributed by atoms with E-state index in [0.29, 0.717) is 12.5 Å². The summed E-state index contributed by atoms with van der Waals surface area (Å²) in [5.74, 6) is 0.636. The van der Waals surface area contributed by atoms with Gasteiger partial charge >= 0.3 is 0 Å². The Morgan fingerprint density at radius 1 is 1.30 bits per heavy atom. The first-order valence-corrected chi connectivity index (χ1v) is 8.08. The van der Waals surface area contributed by atoms with Crippen LogP contribution in [0.3, 0.4) is 0 Å². The van der Waals surface area contributed by atoms with Crippen LogP contribution in [0.25, 0.3) is 0 Å². The van der Waals surface area contributed by atoms with E-state index in [9.17, 15) is 5.11 Å². The molecule has 1 aromatic carbocycles. The maximum Gasteiger partial charge on any atom is 0.0713 e. The zero-order chi connectivity index (χ0) is 16.2. The highest BCUT2D eigenvalue weighted by atomic mass is 16.5. The van der Waals surface area contributed by atoms with E-state index in [4.69, 9.17) is 4.74 Å². The van der Waals surface area contributed by atoms with Crippen molar-refractivity contribution in [1.29, 1.82) is 0 Å². The summed E-state index contributed by atoms with van der Waals surface area (Å²) in [6, 6.07) is 8.53. The van der Waals surface area contributed by atoms with Gasteiger partial charge in [-0.05, 0) is 16.7 Å². The molecule has 5 heteroatoms. The molecule has 0 spiro atoms. The molecular weight excluding hydrogens is 290 g/mol. The van der Waals surface area contributed by atoms with Crippen molar-refractivity contribution in [2.24, 2.45) is 13.0 Å². The van der Waals surface area contributed by atoms with Crippen molar-refractivity contribution in [2.75, 3.05) is 26.8 Å². The standard InChI is InChI=1S/C18H25N3O2/c1-20-9-16(7-19-20)18-11-21(10-17(18)12-22)8-14-4-3-5-15(6-14)13-23-2/h3-7,9,17-18,22H,8,10-13H2,1-2H3/t17-,18-/m0/s1. The minimum Gasteiger partial charge on any atom is -0.396 e. The van der Waals surface area contributed by atoms with Crippen LogP contribution in [0.2, 0.25) is 0 Å². The minimum absolute atomic E-state index is 0.222. The van der Waals surface area contributed by atoms with Crippen LogP contribution >= 0.6 is 0 Å². The van der Waals surface area contributed by atoms with E-state index in [1.165, 1.54) is 16.7 Å². The summed E-state index contributed by atoms with van der Waals surface area (Å²) < 4.78 is 7.04. The van der Waals surface area contributed by atoms with Crippen LogP contribution in [0.4, 0.5) is 0 Å². The highest BCUT2D eigenvalue weighted by Crippen LogP contribution is 2.33. The highest BCUT2D eigenvalue weighted by Gasteiger charge is 2.33. The van der Waals surface area contributed by atoms with Crippen molar-refractivity contribution in [3.05, 3.63) is 53.3 Å². The van der Waals surface area contributed by atoms with E-state index in [1.807, 2.05) is 17.9 Å². The van der Waals surface area contributed by atoms with Crippen LogP contribution in [0.15, 0.2) is 36.7 Å². The first-order chi connectivity index (χ1) is 11.2. The van der Waals surface area contributed by atoms with Gasteiger partial charge in [0.05, 0.1) is 12.8 Å². The third kappa shape index (κ3) is 3.80. The van der Waals surface area contributed by atoms with Gasteiger partial charge in [-0.15, -0.1) is 0 Å². The number of nitrogens with zero attached hydrogens (tertiary/aromatic N) is 3. The summed E-state index contributed by atoms with van der Waals surface area (Å²) in [7, 11) is 3.66. The molecule has 2 aromatic rings. The molecule has 0 amide bonds. The van der Waals surface area contributed by atoms with E-state index in [2.05, 4.69) is 40.5 Å². The maximum atomic E-state index is 9.73. The molecule has 0 aliphatic carbocycles. The third-order valence-corrected chi connectivity index (χ3v) is 4.61. The number of aliphatic hydroxyl groups excluding tert-OH is 1. The van der Waals surface area contributed by atoms with Crippen LogP contribution in [-0.4, -0.2) is 46.6 Å². The summed E-state index contributed by atoms with van der Waals surface area (Å²) >= 11 is 0. The van der Waals surface area contributed by atoms with Crippen LogP contribution in [0.5, 0.6) is 0 Å². The second-order valence-corrected chi connectivity index (χ2v) is 6.44. The lowest BCUT2D eigenvalue weighted by Gasteiger charge is -2.16. The Kier molecular flexibility index (Phi) is 5.10. The summed E-state index contributed by atoms with van der Waals surface area (Å²) in [4.78, 5) is 2.42. The Labute approximate surface area is 137 Å². The molecule has 1 aliphatic heterocycles. The number of hydrogen-bond donors (Lipinski definition) is 1. The van der Waals surface area contributed by atoms with Gasteiger partial charge < -0.3 is 9.84 Å². The molecule has 2 atom stereocenters. The van der Waals surface area contributed by atoms with Gasteiger partial charge in [-0.2, -0.15) is 5.10 Å². The molecule has 1 N–H and O–H groups in total. The summed E-state index contributed by atoms with van der Waals surface area (Å²) in [6.07, 6.45) is 3.99. The molecular formula is C18H25N3O2. The monoisotopic (exact) mass is 315 g/mol. The van der Waals surface area contributed by atoms with Gasteiger partial charge in [0, 0.05) is 58.4 Å². The lowest BCUT2D eigenvalue weighted by atomic mass is 9.92. The van der Waals surface area contributed by atoms with Gasteiger partial charge in [0.2, 0.25) is 0 Å². The molecule has 1 fully saturated rings. The van der Waals surface area contributed by atoms with Gasteiger partial charge in [-0.3, -0.25) is 9.58 Å². The Morgan fingerprint density at radius 3 is 2.83 bits per heavy atom. The summed E-state index contributed by atoms with van der Waals surface area (Å²) in [5, 5.41) is 14.0. The smallest absolute Gasteiger partial charge is 0.0713 e. The average Bonchev–Trinajstić information content (AvgIpc) is 3.14. The molecule has 0 bridgehead atoms. The summed E-state index contributed by atoms with van der Waals surface area (Å²) in [5.41, 5.74) is 3.72. The minimum atomic E-state index is 0.222. The number of ether oxygens (including phenoxy) is 1. The largest absolute Gasteiger partial charge is 0.396 e. The number of rotatable bonds is 6. The van der Waals surface area contributed by atoms with Crippen molar-refractivity contribution in [3.63, 3.8) is 0 Å². The predicted octanol–water partition coefficient (Wildman–Crippen LogP) is 1.77. The van der Waals surface area contributed by atoms with Crippen molar-refractivity contribution in [3.8, 4) is 0 Å². The molecule has 0 unspecified atom stereocenters. The number of aromatic nitrogens is 2. The molecule has 3 rings (SSSR count). The van der Waals surface area contributed by atoms with Gasteiger partial charge in [0.15, 0.2) is 0 Å². The van der Waals surface area contributed by atoms with Crippen LogP contribution < -0.4 is 0 Å². The molecule has 1 aromatic heterocycles. The Morgan fingerprint density at radius 2 is 2.13 bits per heavy atom. The summed E-state index contributed by atoms with van der Waals surface area (Å²) in [6.45, 7) is 3.66. The van der Waals surface area contributed by atoms with E-state index >= 15 is 0 Å². The Bertz CT molecular complexity index is 641. The first-order valence-electron chi connectivity index (χ1n) is 8.08. The Balaban J connectivity index is 1.69. The topological polar surface area (TPSA) is 50.5 Å². The van der Waals surface area contributed by atoms with E-state index in [-0.39, 0.29) is 12.5 Å². The molecule has 1 saturated heterocycles. The van der Waals surface area contributed by atoms with Gasteiger partial charge in [0.1, 0.15) is 0 Å². The maximum absolute atomic E-state index is 9.73. The number of methoxy groups -OCH3 is 1. The van der Waals surface area contributed by atoms with Gasteiger partial charge in [-0.1, -0.05) is 24.3 Å². The van der Waals surface area contributed by atoms with Crippen molar-refractivity contribution >= 4 is 0 Å². The second-order valence-electron chi connectivity index (χ2n) is 6.44. The van der Waals surface area contributed by atoms with Crippen molar-refractivity contribution in [1.82, 2.24) is 14.7 Å². The highest BCUT2D eigenvalue weighted by molar-refractivity contribution is 5.24. The van der Waals surface area contributed by atoms with Crippen LogP contribution in [0, 0.1) is 5.92 Å².